The predicted octanol–water partition coefficient (Wildman–Crippen LogP) is 2.72. The molecule has 0 bridgehead atoms. The minimum absolute atomic E-state index is 0.0365. The van der Waals surface area contributed by atoms with Gasteiger partial charge in [0, 0.05) is 18.4 Å². The number of ether oxygens (including phenoxy) is 1. The lowest BCUT2D eigenvalue weighted by molar-refractivity contribution is -0.124. The van der Waals surface area contributed by atoms with Crippen LogP contribution < -0.4 is 10.1 Å². The fourth-order valence-corrected chi connectivity index (χ4v) is 3.14. The molecule has 5 nitrogen and oxygen atoms in total. The Balaban J connectivity index is 1.60. The third kappa shape index (κ3) is 3.24. The molecule has 0 spiro atoms. The van der Waals surface area contributed by atoms with Crippen molar-refractivity contribution in [3.63, 3.8) is 0 Å². The first kappa shape index (κ1) is 14.9. The van der Waals surface area contributed by atoms with E-state index in [-0.39, 0.29) is 18.6 Å². The topological polar surface area (TPSA) is 55.6 Å². The SMILES string of the molecule is Cc1cn2cccc(OCC(=O)NC3CCCCC3C)c2n1. The van der Waals surface area contributed by atoms with E-state index >= 15 is 0 Å². The number of carbonyl (C=O) groups excluding carboxylic acids is 1. The number of pyridine rings is 1. The molecule has 2 unspecified atom stereocenters. The molecule has 22 heavy (non-hydrogen) atoms. The number of carbonyl (C=O) groups is 1. The number of hydrogen-bond acceptors (Lipinski definition) is 3. The van der Waals surface area contributed by atoms with E-state index in [1.807, 2.05) is 35.9 Å². The normalized spacial score (nSPS) is 21.7. The molecule has 2 atom stereocenters. The molecular weight excluding hydrogens is 278 g/mol. The van der Waals surface area contributed by atoms with Gasteiger partial charge in [-0.3, -0.25) is 4.79 Å². The van der Waals surface area contributed by atoms with Crippen LogP contribution in [0.3, 0.4) is 0 Å². The smallest absolute Gasteiger partial charge is 0.258 e. The molecule has 2 aromatic rings. The first-order valence-corrected chi connectivity index (χ1v) is 8.00. The maximum Gasteiger partial charge on any atom is 0.258 e. The Bertz CT molecular complexity index is 665. The van der Waals surface area contributed by atoms with E-state index < -0.39 is 0 Å². The summed E-state index contributed by atoms with van der Waals surface area (Å²) < 4.78 is 7.58. The zero-order chi connectivity index (χ0) is 15.5. The summed E-state index contributed by atoms with van der Waals surface area (Å²) in [5.41, 5.74) is 1.68. The highest BCUT2D eigenvalue weighted by atomic mass is 16.5. The summed E-state index contributed by atoms with van der Waals surface area (Å²) in [4.78, 5) is 16.5. The molecule has 1 aliphatic carbocycles. The van der Waals surface area contributed by atoms with Gasteiger partial charge in [0.2, 0.25) is 0 Å². The fourth-order valence-electron chi connectivity index (χ4n) is 3.14. The number of amides is 1. The number of imidazole rings is 1. The van der Waals surface area contributed by atoms with Gasteiger partial charge in [0.05, 0.1) is 5.69 Å². The minimum Gasteiger partial charge on any atom is -0.480 e. The summed E-state index contributed by atoms with van der Waals surface area (Å²) in [6.45, 7) is 4.18. The summed E-state index contributed by atoms with van der Waals surface area (Å²) in [6, 6.07) is 4.03. The van der Waals surface area contributed by atoms with Crippen LogP contribution in [0.5, 0.6) is 5.75 Å². The number of fused-ring (bicyclic) bond motifs is 1. The van der Waals surface area contributed by atoms with Gasteiger partial charge in [-0.05, 0) is 37.8 Å². The molecule has 118 valence electrons. The summed E-state index contributed by atoms with van der Waals surface area (Å²) >= 11 is 0. The molecule has 1 amide bonds. The summed E-state index contributed by atoms with van der Waals surface area (Å²) in [5, 5.41) is 3.10. The van der Waals surface area contributed by atoms with Gasteiger partial charge in [-0.25, -0.2) is 4.98 Å². The van der Waals surface area contributed by atoms with Gasteiger partial charge in [-0.15, -0.1) is 0 Å². The predicted molar refractivity (Wildman–Crippen MR) is 85.0 cm³/mol. The molecule has 0 aromatic carbocycles. The second-order valence-corrected chi connectivity index (χ2v) is 6.21. The number of aryl methyl sites for hydroxylation is 1. The van der Waals surface area contributed by atoms with Gasteiger partial charge >= 0.3 is 0 Å². The van der Waals surface area contributed by atoms with E-state index in [4.69, 9.17) is 4.74 Å². The highest BCUT2D eigenvalue weighted by Gasteiger charge is 2.22. The Labute approximate surface area is 130 Å². The highest BCUT2D eigenvalue weighted by Crippen LogP contribution is 2.23. The molecule has 0 radical (unpaired) electrons. The van der Waals surface area contributed by atoms with Crippen molar-refractivity contribution in [1.29, 1.82) is 0 Å². The largest absolute Gasteiger partial charge is 0.480 e. The molecule has 3 rings (SSSR count). The van der Waals surface area contributed by atoms with Crippen LogP contribution in [0.25, 0.3) is 5.65 Å². The third-order valence-corrected chi connectivity index (χ3v) is 4.38. The van der Waals surface area contributed by atoms with E-state index in [0.717, 1.165) is 17.8 Å². The van der Waals surface area contributed by atoms with Crippen molar-refractivity contribution in [3.05, 3.63) is 30.2 Å². The average molecular weight is 301 g/mol. The number of aromatic nitrogens is 2. The zero-order valence-corrected chi connectivity index (χ0v) is 13.2. The van der Waals surface area contributed by atoms with E-state index in [1.165, 1.54) is 19.3 Å². The van der Waals surface area contributed by atoms with E-state index in [1.54, 1.807) is 0 Å². The van der Waals surface area contributed by atoms with Crippen molar-refractivity contribution < 1.29 is 9.53 Å². The second-order valence-electron chi connectivity index (χ2n) is 6.21. The molecule has 1 saturated carbocycles. The van der Waals surface area contributed by atoms with Crippen LogP contribution in [0.1, 0.15) is 38.3 Å². The molecule has 0 aliphatic heterocycles. The Hall–Kier alpha value is -2.04. The second kappa shape index (κ2) is 6.38. The van der Waals surface area contributed by atoms with Crippen molar-refractivity contribution >= 4 is 11.6 Å². The number of nitrogens with one attached hydrogen (secondary N) is 1. The van der Waals surface area contributed by atoms with Crippen molar-refractivity contribution in [1.82, 2.24) is 14.7 Å². The lowest BCUT2D eigenvalue weighted by Gasteiger charge is -2.29. The van der Waals surface area contributed by atoms with Gasteiger partial charge in [0.15, 0.2) is 18.0 Å². The molecular formula is C17H23N3O2. The van der Waals surface area contributed by atoms with Gasteiger partial charge in [0.25, 0.3) is 5.91 Å². The van der Waals surface area contributed by atoms with Gasteiger partial charge in [0.1, 0.15) is 0 Å². The van der Waals surface area contributed by atoms with Gasteiger partial charge in [-0.1, -0.05) is 19.8 Å². The lowest BCUT2D eigenvalue weighted by Crippen LogP contribution is -2.43. The number of rotatable bonds is 4. The molecule has 1 aliphatic rings. The van der Waals surface area contributed by atoms with Crippen LogP contribution in [0.15, 0.2) is 24.5 Å². The summed E-state index contributed by atoms with van der Waals surface area (Å²) in [6.07, 6.45) is 8.59. The Morgan fingerprint density at radius 1 is 1.45 bits per heavy atom. The monoisotopic (exact) mass is 301 g/mol. The third-order valence-electron chi connectivity index (χ3n) is 4.38. The van der Waals surface area contributed by atoms with Crippen LogP contribution in [0, 0.1) is 12.8 Å². The molecule has 2 heterocycles. The molecule has 1 fully saturated rings. The molecule has 0 saturated heterocycles. The van der Waals surface area contributed by atoms with Crippen molar-refractivity contribution in [2.24, 2.45) is 5.92 Å². The molecule has 5 heteroatoms. The van der Waals surface area contributed by atoms with Crippen LogP contribution in [-0.4, -0.2) is 27.9 Å². The Morgan fingerprint density at radius 2 is 2.27 bits per heavy atom. The molecule has 1 N–H and O–H groups in total. The first-order chi connectivity index (χ1) is 10.6. The van der Waals surface area contributed by atoms with E-state index in [9.17, 15) is 4.79 Å². The highest BCUT2D eigenvalue weighted by molar-refractivity contribution is 5.78. The quantitative estimate of drug-likeness (QED) is 0.944. The van der Waals surface area contributed by atoms with Crippen LogP contribution >= 0.6 is 0 Å². The maximum atomic E-state index is 12.1. The fraction of sp³-hybridized carbons (Fsp3) is 0.529. The molecule has 2 aromatic heterocycles. The Kier molecular flexibility index (Phi) is 4.32. The zero-order valence-electron chi connectivity index (χ0n) is 13.2. The van der Waals surface area contributed by atoms with Gasteiger partial charge in [-0.2, -0.15) is 0 Å². The number of nitrogens with zero attached hydrogens (tertiary/aromatic N) is 2. The lowest BCUT2D eigenvalue weighted by atomic mass is 9.86. The van der Waals surface area contributed by atoms with Crippen LogP contribution in [-0.2, 0) is 4.79 Å². The van der Waals surface area contributed by atoms with Crippen molar-refractivity contribution in [2.45, 2.75) is 45.6 Å². The van der Waals surface area contributed by atoms with Crippen LogP contribution in [0.2, 0.25) is 0 Å². The van der Waals surface area contributed by atoms with Gasteiger partial charge < -0.3 is 14.5 Å². The minimum atomic E-state index is -0.0518. The van der Waals surface area contributed by atoms with Crippen molar-refractivity contribution in [2.75, 3.05) is 6.61 Å². The van der Waals surface area contributed by atoms with Crippen LogP contribution in [0.4, 0.5) is 0 Å². The standard InChI is InChI=1S/C17H23N3O2/c1-12-6-3-4-7-14(12)19-16(21)11-22-15-8-5-9-20-10-13(2)18-17(15)20/h5,8-10,12,14H,3-4,6-7,11H2,1-2H3,(H,19,21). The first-order valence-electron chi connectivity index (χ1n) is 8.00. The summed E-state index contributed by atoms with van der Waals surface area (Å²) in [7, 11) is 0. The Morgan fingerprint density at radius 3 is 3.09 bits per heavy atom. The number of hydrogen-bond donors (Lipinski definition) is 1. The maximum absolute atomic E-state index is 12.1. The van der Waals surface area contributed by atoms with E-state index in [2.05, 4.69) is 17.2 Å². The van der Waals surface area contributed by atoms with Crippen molar-refractivity contribution in [3.8, 4) is 5.75 Å². The summed E-state index contributed by atoms with van der Waals surface area (Å²) in [5.74, 6) is 1.14. The average Bonchev–Trinajstić information content (AvgIpc) is 2.88. The van der Waals surface area contributed by atoms with E-state index in [0.29, 0.717) is 11.7 Å².